The molecule has 0 saturated carbocycles. The predicted octanol–water partition coefficient (Wildman–Crippen LogP) is 18.8. The highest BCUT2D eigenvalue weighted by Gasteiger charge is 2.60. The SMILES string of the molecule is CC[C@H]1OC(=O)[C@H](O[Si](C)(C)C)[C@@H](O[Si](C)(C)C)[C@@H]1O[Si](C)(C)C.CCc1ccc(Cc2cccc(Br)c2)s1.CCc1ccc(Cc2cccc(C3(O)O[C@H](CC)[C@@H](O[Si](C)(C)C)[C@H](O[Si](C)(C)C)[C@H]3O[Si](C)(C)C)c2)s1.CCc1ccc(Cc2cccc(C3(OC)O[C@H](CO)[C@@H](O)[C@H](O)[C@H]3O)c2)s1.CCc1ccc(Cc2cccc([C@@H]3O[C@H](CO)[C@@H](O)[C@H](O)[C@H]3O)c2)s1. The van der Waals surface area contributed by atoms with Crippen LogP contribution in [0.4, 0.5) is 0 Å². The van der Waals surface area contributed by atoms with E-state index < -0.39 is 148 Å². The number of benzene rings is 4. The monoisotopic (exact) mass is 2020 g/mol. The van der Waals surface area contributed by atoms with Gasteiger partial charge in [0.25, 0.3) is 0 Å². The molecule has 8 aromatic rings. The maximum Gasteiger partial charge on any atom is 0.337 e. The molecular weight excluding hydrogens is 1880 g/mol. The molecule has 19 atom stereocenters. The van der Waals surface area contributed by atoms with Crippen molar-refractivity contribution in [3.8, 4) is 0 Å². The number of ether oxygens (including phenoxy) is 5. The molecule has 0 spiro atoms. The molecule has 21 nitrogen and oxygen atoms in total. The highest BCUT2D eigenvalue weighted by atomic mass is 79.9. The minimum Gasteiger partial charge on any atom is -0.458 e. The van der Waals surface area contributed by atoms with Crippen LogP contribution in [0.1, 0.15) is 138 Å². The lowest BCUT2D eigenvalue weighted by molar-refractivity contribution is -0.366. The fourth-order valence-corrected chi connectivity index (χ4v) is 26.7. The second kappa shape index (κ2) is 48.5. The molecule has 0 aliphatic carbocycles. The molecule has 4 aliphatic rings. The molecule has 2 unspecified atom stereocenters. The predicted molar refractivity (Wildman–Crippen MR) is 539 cm³/mol. The second-order valence-corrected chi connectivity index (χ2v) is 72.2. The first-order valence-electron chi connectivity index (χ1n) is 45.5. The first-order valence-corrected chi connectivity index (χ1v) is 70.0. The molecule has 9 N–H and O–H groups in total. The van der Waals surface area contributed by atoms with Crippen LogP contribution < -0.4 is 0 Å². The van der Waals surface area contributed by atoms with Crippen molar-refractivity contribution in [1.82, 2.24) is 0 Å². The van der Waals surface area contributed by atoms with E-state index in [2.05, 4.69) is 253 Å². The number of aryl methyl sites for hydroxylation is 4. The maximum atomic E-state index is 12.6. The average Bonchev–Trinajstić information content (AvgIpc) is 1.03. The van der Waals surface area contributed by atoms with Gasteiger partial charge in [0.05, 0.1) is 25.4 Å². The number of halogens is 1. The van der Waals surface area contributed by atoms with Crippen LogP contribution in [0.5, 0.6) is 0 Å². The van der Waals surface area contributed by atoms with Gasteiger partial charge in [-0.25, -0.2) is 4.79 Å². The zero-order valence-electron chi connectivity index (χ0n) is 80.6. The maximum absolute atomic E-state index is 12.6. The Balaban J connectivity index is 0.000000204. The van der Waals surface area contributed by atoms with Gasteiger partial charge in [0.1, 0.15) is 85.5 Å². The average molecular weight is 2030 g/mol. The molecule has 718 valence electrons. The third-order valence-electron chi connectivity index (χ3n) is 21.7. The van der Waals surface area contributed by atoms with Gasteiger partial charge in [-0.05, 0) is 257 Å². The molecule has 129 heavy (non-hydrogen) atoms. The summed E-state index contributed by atoms with van der Waals surface area (Å²) in [7, 11) is -10.4. The normalized spacial score (nSPS) is 27.0. The number of carbonyl (C=O) groups excluding carboxylic acids is 1. The fourth-order valence-electron chi connectivity index (χ4n) is 15.8. The fraction of sp³-hybridized carbons (Fsp3) is 0.577. The van der Waals surface area contributed by atoms with Crippen molar-refractivity contribution in [2.24, 2.45) is 0 Å². The van der Waals surface area contributed by atoms with E-state index in [-0.39, 0.29) is 36.5 Å². The van der Waals surface area contributed by atoms with Gasteiger partial charge in [-0.3, -0.25) is 0 Å². The number of aliphatic hydroxyl groups is 9. The Morgan fingerprint density at radius 3 is 1.16 bits per heavy atom. The Morgan fingerprint density at radius 1 is 0.388 bits per heavy atom. The summed E-state index contributed by atoms with van der Waals surface area (Å²) in [6.45, 7) is 50.5. The van der Waals surface area contributed by atoms with Gasteiger partial charge in [-0.2, -0.15) is 0 Å². The summed E-state index contributed by atoms with van der Waals surface area (Å²) in [5.41, 5.74) is 6.57. The summed E-state index contributed by atoms with van der Waals surface area (Å²) >= 11 is 10.8. The third-order valence-corrected chi connectivity index (χ3v) is 32.9. The number of cyclic esters (lactones) is 1. The van der Waals surface area contributed by atoms with E-state index in [4.69, 9.17) is 50.2 Å². The van der Waals surface area contributed by atoms with Crippen LogP contribution in [-0.4, -0.2) is 220 Å². The smallest absolute Gasteiger partial charge is 0.337 e. The van der Waals surface area contributed by atoms with Crippen LogP contribution in [0.3, 0.4) is 0 Å². The van der Waals surface area contributed by atoms with Crippen molar-refractivity contribution in [1.29, 1.82) is 0 Å². The standard InChI is InChI=1S/C29H50O5SSi3.C20H26O6S.C19H24O5S.C16H36O5Si3.C13H13BrS/c1-12-23-17-18-24(35-23)20-21-15-14-16-22(19-21)29(30)28(34-38(9,10)11)27(33-37(6,7)8)26(25(13-2)31-29)32-36(3,4)5;1-3-14-7-8-15(27-14)10-12-5-4-6-13(9-12)20(25-2)19(24)18(23)17(22)16(11-21)26-20;1-2-13-6-7-14(25-13)9-11-4-3-5-12(8-11)19-18(23)17(22)16(21)15(10-20)24-19;1-11-12-13(19-22(2,3)4)14(20-23(5,6)7)15(16(17)18-12)21-24(8,9)10;1-2-12-6-7-13(15-12)9-10-4-3-5-11(14)8-10/h14-19,25-28,30H,12-13,20H2,1-11H3;4-9,16-19,21-24H,3,10-11H2,1-2H3;3-8,15-23H,2,9-10H2,1H3;12-15H,11H2,1-10H3;3-8H,2,9H2,1H3/t25-,26-,27+,28-,29?;16-,17-,18+,19-,20?;15-,16-,17+,18-,19+;12-,13-,14+,15-;/m1111./s1. The van der Waals surface area contributed by atoms with Crippen LogP contribution in [-0.2, 0) is 118 Å². The van der Waals surface area contributed by atoms with Gasteiger partial charge in [0.2, 0.25) is 11.6 Å². The molecule has 0 amide bonds. The lowest BCUT2D eigenvalue weighted by Crippen LogP contribution is -2.68. The van der Waals surface area contributed by atoms with Crippen molar-refractivity contribution in [3.05, 3.63) is 228 Å². The second-order valence-electron chi connectivity index (χ2n) is 39.5. The summed E-state index contributed by atoms with van der Waals surface area (Å²) in [6.07, 6.45) is -5.47. The lowest BCUT2D eigenvalue weighted by Gasteiger charge is -2.54. The Labute approximate surface area is 799 Å². The molecule has 4 aromatic heterocycles. The quantitative estimate of drug-likeness (QED) is 0.0140. The number of esters is 1. The Hall–Kier alpha value is -3.83. The van der Waals surface area contributed by atoms with E-state index in [0.29, 0.717) is 18.4 Å². The van der Waals surface area contributed by atoms with Crippen LogP contribution in [0.2, 0.25) is 118 Å². The summed E-state index contributed by atoms with van der Waals surface area (Å²) in [5, 5.41) is 92.4. The molecule has 0 radical (unpaired) electrons. The summed E-state index contributed by atoms with van der Waals surface area (Å²) < 4.78 is 69.9. The van der Waals surface area contributed by atoms with Crippen LogP contribution in [0.25, 0.3) is 0 Å². The van der Waals surface area contributed by atoms with Crippen molar-refractivity contribution >= 4 is 117 Å². The highest BCUT2D eigenvalue weighted by molar-refractivity contribution is 9.10. The summed E-state index contributed by atoms with van der Waals surface area (Å²) in [5.74, 6) is -3.63. The Morgan fingerprint density at radius 2 is 0.760 bits per heavy atom. The number of methoxy groups -OCH3 is 1. The summed E-state index contributed by atoms with van der Waals surface area (Å²) in [6, 6.07) is 49.2. The number of thiophene rings is 4. The number of aliphatic hydroxyl groups excluding tert-OH is 8. The third kappa shape index (κ3) is 32.4. The molecule has 0 bridgehead atoms. The van der Waals surface area contributed by atoms with E-state index >= 15 is 0 Å². The Bertz CT molecular complexity index is 4740. The molecule has 4 aliphatic heterocycles. The first kappa shape index (κ1) is 110. The van der Waals surface area contributed by atoms with Gasteiger partial charge in [-0.1, -0.05) is 130 Å². The molecule has 4 fully saturated rings. The number of hydrogen-bond acceptors (Lipinski definition) is 25. The van der Waals surface area contributed by atoms with Crippen molar-refractivity contribution in [2.45, 2.75) is 339 Å². The molecule has 8 heterocycles. The topological polar surface area (TPSA) is 301 Å². The van der Waals surface area contributed by atoms with Gasteiger partial charge < -0.3 is 96.2 Å². The summed E-state index contributed by atoms with van der Waals surface area (Å²) in [4.78, 5) is 23.4. The van der Waals surface area contributed by atoms with Crippen molar-refractivity contribution in [3.63, 3.8) is 0 Å². The zero-order chi connectivity index (χ0) is 95.7. The van der Waals surface area contributed by atoms with Gasteiger partial charge in [-0.15, -0.1) is 45.3 Å². The van der Waals surface area contributed by atoms with Gasteiger partial charge in [0.15, 0.2) is 56.0 Å². The van der Waals surface area contributed by atoms with E-state index in [1.165, 1.54) is 51.7 Å². The van der Waals surface area contributed by atoms with E-state index in [1.807, 2.05) is 84.2 Å². The van der Waals surface area contributed by atoms with Crippen LogP contribution >= 0.6 is 61.3 Å². The minimum atomic E-state index is -2.13. The lowest BCUT2D eigenvalue weighted by atomic mass is 9.86. The minimum absolute atomic E-state index is 0.257. The molecular formula is C97H149BrO21S4Si6. The van der Waals surface area contributed by atoms with Gasteiger partial charge in [0, 0.05) is 87.4 Å². The highest BCUT2D eigenvalue weighted by Crippen LogP contribution is 2.46. The molecule has 12 rings (SSSR count). The molecule has 32 heteroatoms. The largest absolute Gasteiger partial charge is 0.458 e. The van der Waals surface area contributed by atoms with E-state index in [0.717, 1.165) is 83.7 Å². The van der Waals surface area contributed by atoms with Crippen molar-refractivity contribution in [2.75, 3.05) is 20.3 Å². The first-order chi connectivity index (χ1) is 60.3. The van der Waals surface area contributed by atoms with Gasteiger partial charge >= 0.3 is 5.97 Å². The van der Waals surface area contributed by atoms with E-state index in [9.17, 15) is 50.8 Å². The number of hydrogen-bond donors (Lipinski definition) is 9. The van der Waals surface area contributed by atoms with E-state index in [1.54, 1.807) is 28.7 Å². The van der Waals surface area contributed by atoms with Crippen LogP contribution in [0.15, 0.2) is 150 Å². The number of carbonyl (C=O) groups is 1. The number of rotatable bonds is 32. The Kier molecular flexibility index (Phi) is 41.5. The van der Waals surface area contributed by atoms with Crippen molar-refractivity contribution < 1.29 is 101 Å². The van der Waals surface area contributed by atoms with Crippen LogP contribution in [0, 0.1) is 0 Å². The molecule has 4 aromatic carbocycles. The zero-order valence-corrected chi connectivity index (χ0v) is 91.4. The molecule has 4 saturated heterocycles.